The Balaban J connectivity index is 1.56. The van der Waals surface area contributed by atoms with Crippen LogP contribution in [0.3, 0.4) is 0 Å². The van der Waals surface area contributed by atoms with Crippen LogP contribution in [0.25, 0.3) is 0 Å². The molecule has 2 aromatic rings. The van der Waals surface area contributed by atoms with Gasteiger partial charge >= 0.3 is 0 Å². The zero-order valence-corrected chi connectivity index (χ0v) is 14.4. The maximum Gasteiger partial charge on any atom is 0.253 e. The van der Waals surface area contributed by atoms with E-state index < -0.39 is 0 Å². The lowest BCUT2D eigenvalue weighted by Gasteiger charge is -2.31. The fourth-order valence-corrected chi connectivity index (χ4v) is 2.97. The van der Waals surface area contributed by atoms with Crippen molar-refractivity contribution in [2.45, 2.75) is 5.92 Å². The molecule has 1 heterocycles. The first-order valence-electron chi connectivity index (χ1n) is 8.35. The smallest absolute Gasteiger partial charge is 0.253 e. The van der Waals surface area contributed by atoms with Crippen LogP contribution < -0.4 is 10.1 Å². The van der Waals surface area contributed by atoms with Crippen LogP contribution in [-0.4, -0.2) is 43.5 Å². The Hall–Kier alpha value is -3.33. The molecule has 0 saturated heterocycles. The zero-order chi connectivity index (χ0) is 18.5. The van der Waals surface area contributed by atoms with E-state index in [1.165, 1.54) is 0 Å². The van der Waals surface area contributed by atoms with Gasteiger partial charge in [0.2, 0.25) is 5.91 Å². The van der Waals surface area contributed by atoms with Crippen molar-refractivity contribution < 1.29 is 14.3 Å². The first kappa shape index (κ1) is 17.5. The number of nitriles is 1. The molecule has 1 N–H and O–H groups in total. The average molecular weight is 349 g/mol. The molecule has 0 bridgehead atoms. The number of likely N-dealkylation sites (N-methyl/N-ethyl adjacent to an activating group) is 1. The molecule has 0 spiro atoms. The minimum Gasteiger partial charge on any atom is -0.492 e. The van der Waals surface area contributed by atoms with E-state index in [1.807, 2.05) is 18.2 Å². The summed E-state index contributed by atoms with van der Waals surface area (Å²) in [7, 11) is 1.70. The summed E-state index contributed by atoms with van der Waals surface area (Å²) in [6, 6.07) is 16.1. The van der Waals surface area contributed by atoms with Gasteiger partial charge in [0.05, 0.1) is 24.1 Å². The lowest BCUT2D eigenvalue weighted by atomic mass is 9.89. The molecule has 3 rings (SSSR count). The molecule has 0 fully saturated rings. The van der Waals surface area contributed by atoms with E-state index in [0.717, 1.165) is 5.56 Å². The number of ether oxygens (including phenoxy) is 1. The monoisotopic (exact) mass is 349 g/mol. The van der Waals surface area contributed by atoms with Crippen molar-refractivity contribution in [1.29, 1.82) is 5.26 Å². The van der Waals surface area contributed by atoms with Crippen molar-refractivity contribution in [2.24, 2.45) is 0 Å². The highest BCUT2D eigenvalue weighted by Gasteiger charge is 2.33. The minimum atomic E-state index is -0.385. The highest BCUT2D eigenvalue weighted by molar-refractivity contribution is 6.00. The van der Waals surface area contributed by atoms with E-state index in [0.29, 0.717) is 36.6 Å². The second-order valence-corrected chi connectivity index (χ2v) is 6.10. The summed E-state index contributed by atoms with van der Waals surface area (Å²) in [5, 5.41) is 11.6. The molecule has 6 nitrogen and oxygen atoms in total. The second-order valence-electron chi connectivity index (χ2n) is 6.10. The van der Waals surface area contributed by atoms with Crippen LogP contribution in [0.15, 0.2) is 48.5 Å². The van der Waals surface area contributed by atoms with Crippen molar-refractivity contribution in [2.75, 3.05) is 26.7 Å². The highest BCUT2D eigenvalue weighted by atomic mass is 16.5. The first-order valence-corrected chi connectivity index (χ1v) is 8.35. The van der Waals surface area contributed by atoms with Gasteiger partial charge in [0.1, 0.15) is 12.4 Å². The molecule has 2 amide bonds. The quantitative estimate of drug-likeness (QED) is 0.836. The van der Waals surface area contributed by atoms with Gasteiger partial charge in [-0.1, -0.05) is 18.2 Å². The van der Waals surface area contributed by atoms with Crippen LogP contribution in [-0.2, 0) is 4.79 Å². The lowest BCUT2D eigenvalue weighted by Crippen LogP contribution is -2.43. The van der Waals surface area contributed by atoms with Gasteiger partial charge in [0, 0.05) is 19.2 Å². The molecule has 0 aliphatic carbocycles. The minimum absolute atomic E-state index is 0.0613. The van der Waals surface area contributed by atoms with Gasteiger partial charge in [-0.3, -0.25) is 9.59 Å². The Morgan fingerprint density at radius 3 is 2.73 bits per heavy atom. The van der Waals surface area contributed by atoms with Crippen LogP contribution in [0.5, 0.6) is 5.75 Å². The van der Waals surface area contributed by atoms with Crippen LogP contribution in [0, 0.1) is 11.3 Å². The molecule has 0 saturated carbocycles. The summed E-state index contributed by atoms with van der Waals surface area (Å²) in [5.41, 5.74) is 1.91. The van der Waals surface area contributed by atoms with E-state index >= 15 is 0 Å². The second kappa shape index (κ2) is 7.70. The van der Waals surface area contributed by atoms with Gasteiger partial charge in [-0.2, -0.15) is 5.26 Å². The van der Waals surface area contributed by atoms with Crippen LogP contribution >= 0.6 is 0 Å². The molecular weight excluding hydrogens is 330 g/mol. The van der Waals surface area contributed by atoms with Crippen LogP contribution in [0.2, 0.25) is 0 Å². The Labute approximate surface area is 152 Å². The largest absolute Gasteiger partial charge is 0.492 e. The van der Waals surface area contributed by atoms with E-state index in [4.69, 9.17) is 10.00 Å². The van der Waals surface area contributed by atoms with Gasteiger partial charge in [-0.05, 0) is 35.9 Å². The van der Waals surface area contributed by atoms with Crippen molar-refractivity contribution >= 4 is 11.8 Å². The number of carbonyl (C=O) groups is 2. The van der Waals surface area contributed by atoms with E-state index in [1.54, 1.807) is 48.3 Å². The first-order chi connectivity index (χ1) is 12.6. The van der Waals surface area contributed by atoms with Gasteiger partial charge in [0.25, 0.3) is 5.91 Å². The SMILES string of the molecule is CN1CC(C(=O)NCCOc2ccc(C#N)cc2)c2ccccc2C1=O. The predicted molar refractivity (Wildman–Crippen MR) is 95.8 cm³/mol. The standard InChI is InChI=1S/C20H19N3O3/c1-23-13-18(16-4-2-3-5-17(16)20(23)25)19(24)22-10-11-26-15-8-6-14(12-21)7-9-15/h2-9,18H,10-11,13H2,1H3,(H,22,24). The summed E-state index contributed by atoms with van der Waals surface area (Å²) in [5.74, 6) is 0.0735. The van der Waals surface area contributed by atoms with Crippen molar-refractivity contribution in [3.63, 3.8) is 0 Å². The summed E-state index contributed by atoms with van der Waals surface area (Å²) >= 11 is 0. The number of fused-ring (bicyclic) bond motifs is 1. The van der Waals surface area contributed by atoms with Gasteiger partial charge < -0.3 is 15.0 Å². The number of nitrogens with zero attached hydrogens (tertiary/aromatic N) is 2. The number of carbonyl (C=O) groups excluding carboxylic acids is 2. The van der Waals surface area contributed by atoms with Crippen molar-refractivity contribution in [3.05, 3.63) is 65.2 Å². The Bertz CT molecular complexity index is 855. The Morgan fingerprint density at radius 1 is 1.27 bits per heavy atom. The predicted octanol–water partition coefficient (Wildman–Crippen LogP) is 1.92. The van der Waals surface area contributed by atoms with Crippen molar-refractivity contribution in [1.82, 2.24) is 10.2 Å². The third-order valence-electron chi connectivity index (χ3n) is 4.34. The zero-order valence-electron chi connectivity index (χ0n) is 14.4. The molecule has 6 heteroatoms. The molecule has 0 radical (unpaired) electrons. The van der Waals surface area contributed by atoms with Gasteiger partial charge in [-0.25, -0.2) is 0 Å². The Kier molecular flexibility index (Phi) is 5.18. The lowest BCUT2D eigenvalue weighted by molar-refractivity contribution is -0.123. The van der Waals surface area contributed by atoms with Crippen molar-refractivity contribution in [3.8, 4) is 11.8 Å². The molecular formula is C20H19N3O3. The normalized spacial score (nSPS) is 15.8. The molecule has 26 heavy (non-hydrogen) atoms. The van der Waals surface area contributed by atoms with Crippen LogP contribution in [0.4, 0.5) is 0 Å². The fourth-order valence-electron chi connectivity index (χ4n) is 2.97. The summed E-state index contributed by atoms with van der Waals surface area (Å²) in [6.45, 7) is 1.04. The van der Waals surface area contributed by atoms with E-state index in [9.17, 15) is 9.59 Å². The third-order valence-corrected chi connectivity index (χ3v) is 4.34. The molecule has 2 aromatic carbocycles. The fraction of sp³-hybridized carbons (Fsp3) is 0.250. The van der Waals surface area contributed by atoms with E-state index in [-0.39, 0.29) is 17.7 Å². The van der Waals surface area contributed by atoms with Gasteiger partial charge in [0.15, 0.2) is 0 Å². The molecule has 132 valence electrons. The number of nitrogens with one attached hydrogen (secondary N) is 1. The highest BCUT2D eigenvalue weighted by Crippen LogP contribution is 2.27. The van der Waals surface area contributed by atoms with Gasteiger partial charge in [-0.15, -0.1) is 0 Å². The van der Waals surface area contributed by atoms with Crippen LogP contribution in [0.1, 0.15) is 27.4 Å². The molecule has 1 unspecified atom stereocenters. The summed E-state index contributed by atoms with van der Waals surface area (Å²) in [4.78, 5) is 26.3. The number of hydrogen-bond acceptors (Lipinski definition) is 4. The topological polar surface area (TPSA) is 82.4 Å². The number of rotatable bonds is 5. The molecule has 1 aliphatic heterocycles. The maximum atomic E-state index is 12.6. The summed E-state index contributed by atoms with van der Waals surface area (Å²) < 4.78 is 5.56. The van der Waals surface area contributed by atoms with E-state index in [2.05, 4.69) is 5.32 Å². The summed E-state index contributed by atoms with van der Waals surface area (Å²) in [6.07, 6.45) is 0. The average Bonchev–Trinajstić information content (AvgIpc) is 2.68. The Morgan fingerprint density at radius 2 is 2.00 bits per heavy atom. The maximum absolute atomic E-state index is 12.6. The molecule has 0 aromatic heterocycles. The number of hydrogen-bond donors (Lipinski definition) is 1. The molecule has 1 atom stereocenters. The number of amides is 2. The molecule has 1 aliphatic rings. The third kappa shape index (κ3) is 3.67. The number of benzene rings is 2.